The van der Waals surface area contributed by atoms with Crippen LogP contribution in [-0.2, 0) is 19.1 Å². The van der Waals surface area contributed by atoms with Crippen molar-refractivity contribution in [2.45, 2.75) is 79.1 Å². The average molecular weight is 345 g/mol. The Labute approximate surface area is 144 Å². The number of amides is 1. The second kappa shape index (κ2) is 10.2. The van der Waals surface area contributed by atoms with Crippen LogP contribution in [0.5, 0.6) is 0 Å². The number of rotatable bonds is 10. The Bertz CT molecular complexity index is 437. The number of carboxylic acids is 1. The van der Waals surface area contributed by atoms with Gasteiger partial charge in [-0.15, -0.1) is 0 Å². The number of carboxylic acid groups (broad SMARTS) is 1. The van der Waals surface area contributed by atoms with E-state index in [9.17, 15) is 14.4 Å². The quantitative estimate of drug-likeness (QED) is 0.465. The summed E-state index contributed by atoms with van der Waals surface area (Å²) in [4.78, 5) is 34.7. The molecule has 0 aliphatic carbocycles. The highest BCUT2D eigenvalue weighted by atomic mass is 16.7. The number of hydrogen-bond acceptors (Lipinski definition) is 5. The first kappa shape index (κ1) is 22.2. The lowest BCUT2D eigenvalue weighted by Gasteiger charge is -2.32. The third kappa shape index (κ3) is 8.74. The molecule has 0 bridgehead atoms. The molecule has 0 heterocycles. The molecule has 0 saturated heterocycles. The van der Waals surface area contributed by atoms with Gasteiger partial charge in [0.05, 0.1) is 12.0 Å². The summed E-state index contributed by atoms with van der Waals surface area (Å²) in [6.07, 6.45) is -0.451. The van der Waals surface area contributed by atoms with Crippen molar-refractivity contribution in [1.29, 1.82) is 0 Å². The van der Waals surface area contributed by atoms with Crippen molar-refractivity contribution >= 4 is 18.0 Å². The van der Waals surface area contributed by atoms with Gasteiger partial charge in [-0.25, -0.2) is 4.79 Å². The normalized spacial score (nSPS) is 16.0. The summed E-state index contributed by atoms with van der Waals surface area (Å²) in [5.74, 6) is -1.44. The van der Waals surface area contributed by atoms with Crippen LogP contribution in [0.1, 0.15) is 67.2 Å². The molecule has 0 aliphatic rings. The Balaban J connectivity index is 4.95. The van der Waals surface area contributed by atoms with Crippen LogP contribution in [-0.4, -0.2) is 35.0 Å². The molecule has 0 fully saturated rings. The molecule has 7 nitrogen and oxygen atoms in total. The van der Waals surface area contributed by atoms with Gasteiger partial charge in [0.25, 0.3) is 6.29 Å². The zero-order chi connectivity index (χ0) is 18.9. The summed E-state index contributed by atoms with van der Waals surface area (Å²) < 4.78 is 10.3. The molecule has 0 aromatic carbocycles. The second-order valence-corrected chi connectivity index (χ2v) is 6.83. The highest BCUT2D eigenvalue weighted by Gasteiger charge is 2.33. The molecule has 0 radical (unpaired) electrons. The summed E-state index contributed by atoms with van der Waals surface area (Å²) >= 11 is 0. The van der Waals surface area contributed by atoms with Gasteiger partial charge in [0.15, 0.2) is 0 Å². The fourth-order valence-electron chi connectivity index (χ4n) is 2.31. The minimum Gasteiger partial charge on any atom is -0.481 e. The molecule has 24 heavy (non-hydrogen) atoms. The van der Waals surface area contributed by atoms with E-state index >= 15 is 0 Å². The molecule has 140 valence electrons. The Kier molecular flexibility index (Phi) is 9.40. The second-order valence-electron chi connectivity index (χ2n) is 6.83. The lowest BCUT2D eigenvalue weighted by Crippen LogP contribution is -2.50. The molecule has 0 rings (SSSR count). The van der Waals surface area contributed by atoms with Gasteiger partial charge in [-0.1, -0.05) is 41.0 Å². The maximum absolute atomic E-state index is 12.2. The maximum Gasteiger partial charge on any atom is 0.410 e. The Morgan fingerprint density at radius 3 is 2.12 bits per heavy atom. The lowest BCUT2D eigenvalue weighted by atomic mass is 9.86. The zero-order valence-corrected chi connectivity index (χ0v) is 15.5. The molecule has 0 unspecified atom stereocenters. The van der Waals surface area contributed by atoms with Crippen LogP contribution in [0, 0.1) is 11.8 Å². The van der Waals surface area contributed by atoms with Crippen LogP contribution >= 0.6 is 0 Å². The summed E-state index contributed by atoms with van der Waals surface area (Å²) in [7, 11) is 0. The largest absolute Gasteiger partial charge is 0.481 e. The van der Waals surface area contributed by atoms with Crippen molar-refractivity contribution in [3.05, 3.63) is 0 Å². The van der Waals surface area contributed by atoms with Crippen LogP contribution in [0.15, 0.2) is 0 Å². The van der Waals surface area contributed by atoms with Crippen LogP contribution in [0.4, 0.5) is 4.79 Å². The van der Waals surface area contributed by atoms with E-state index in [4.69, 9.17) is 14.6 Å². The predicted molar refractivity (Wildman–Crippen MR) is 89.4 cm³/mol. The van der Waals surface area contributed by atoms with Crippen molar-refractivity contribution in [3.8, 4) is 0 Å². The first-order valence-electron chi connectivity index (χ1n) is 8.43. The number of carbonyl (C=O) groups is 3. The standard InChI is InChI=1S/C17H31NO6/c1-7-12(5)9-17(6,10-13(19)20)18-16(22)24-15(11(3)4)23-14(21)8-2/h11-12,15H,7-10H2,1-6H3,(H,18,22)(H,19,20)/t12-,15+,17+/m1/s1. The van der Waals surface area contributed by atoms with Gasteiger partial charge >= 0.3 is 18.0 Å². The molecular weight excluding hydrogens is 314 g/mol. The van der Waals surface area contributed by atoms with Crippen LogP contribution in [0.3, 0.4) is 0 Å². The minimum absolute atomic E-state index is 0.180. The number of nitrogens with one attached hydrogen (secondary N) is 1. The lowest BCUT2D eigenvalue weighted by molar-refractivity contribution is -0.174. The molecule has 3 atom stereocenters. The first-order chi connectivity index (χ1) is 11.0. The molecule has 0 aromatic heterocycles. The molecule has 0 spiro atoms. The fourth-order valence-corrected chi connectivity index (χ4v) is 2.31. The molecule has 0 aliphatic heterocycles. The van der Waals surface area contributed by atoms with E-state index in [1.165, 1.54) is 0 Å². The van der Waals surface area contributed by atoms with Crippen LogP contribution in [0.25, 0.3) is 0 Å². The molecule has 0 saturated carbocycles. The highest BCUT2D eigenvalue weighted by Crippen LogP contribution is 2.23. The third-order valence-corrected chi connectivity index (χ3v) is 3.74. The SMILES string of the molecule is CCC(=O)O[C@@H](OC(=O)N[C@](C)(CC(=O)O)C[C@H](C)CC)C(C)C. The number of esters is 1. The van der Waals surface area contributed by atoms with E-state index in [1.807, 2.05) is 13.8 Å². The number of carbonyl (C=O) groups excluding carboxylic acids is 2. The van der Waals surface area contributed by atoms with Gasteiger partial charge in [-0.05, 0) is 19.3 Å². The first-order valence-corrected chi connectivity index (χ1v) is 8.43. The molecular formula is C17H31NO6. The van der Waals surface area contributed by atoms with Gasteiger partial charge in [0.2, 0.25) is 0 Å². The third-order valence-electron chi connectivity index (χ3n) is 3.74. The van der Waals surface area contributed by atoms with Crippen LogP contribution in [0.2, 0.25) is 0 Å². The van der Waals surface area contributed by atoms with Crippen molar-refractivity contribution in [2.75, 3.05) is 0 Å². The topological polar surface area (TPSA) is 102 Å². The number of alkyl carbamates (subject to hydrolysis) is 1. The average Bonchev–Trinajstić information content (AvgIpc) is 2.44. The minimum atomic E-state index is -1.00. The summed E-state index contributed by atoms with van der Waals surface area (Å²) in [6.45, 7) is 10.8. The number of ether oxygens (including phenoxy) is 2. The summed E-state index contributed by atoms with van der Waals surface area (Å²) in [5.41, 5.74) is -0.936. The van der Waals surface area contributed by atoms with Gasteiger partial charge < -0.3 is 19.9 Å². The monoisotopic (exact) mass is 345 g/mol. The molecule has 0 aromatic rings. The van der Waals surface area contributed by atoms with Gasteiger partial charge in [0, 0.05) is 12.3 Å². The van der Waals surface area contributed by atoms with E-state index in [2.05, 4.69) is 5.32 Å². The van der Waals surface area contributed by atoms with Crippen molar-refractivity contribution in [1.82, 2.24) is 5.32 Å². The van der Waals surface area contributed by atoms with E-state index in [0.29, 0.717) is 6.42 Å². The van der Waals surface area contributed by atoms with E-state index in [-0.39, 0.29) is 24.7 Å². The predicted octanol–water partition coefficient (Wildman–Crippen LogP) is 3.32. The molecule has 2 N–H and O–H groups in total. The zero-order valence-electron chi connectivity index (χ0n) is 15.5. The highest BCUT2D eigenvalue weighted by molar-refractivity contribution is 5.73. The number of hydrogen-bond donors (Lipinski definition) is 2. The van der Waals surface area contributed by atoms with Crippen molar-refractivity contribution < 1.29 is 29.0 Å². The van der Waals surface area contributed by atoms with Gasteiger partial charge in [0.1, 0.15) is 0 Å². The fraction of sp³-hybridized carbons (Fsp3) is 0.824. The van der Waals surface area contributed by atoms with E-state index in [0.717, 1.165) is 6.42 Å². The number of aliphatic carboxylic acids is 1. The Morgan fingerprint density at radius 1 is 1.12 bits per heavy atom. The molecule has 1 amide bonds. The van der Waals surface area contributed by atoms with Gasteiger partial charge in [-0.2, -0.15) is 0 Å². The van der Waals surface area contributed by atoms with Gasteiger partial charge in [-0.3, -0.25) is 9.59 Å². The van der Waals surface area contributed by atoms with Crippen molar-refractivity contribution in [3.63, 3.8) is 0 Å². The van der Waals surface area contributed by atoms with E-state index in [1.54, 1.807) is 27.7 Å². The van der Waals surface area contributed by atoms with E-state index < -0.39 is 29.9 Å². The molecule has 7 heteroatoms. The smallest absolute Gasteiger partial charge is 0.410 e. The Hall–Kier alpha value is -1.79. The maximum atomic E-state index is 12.2. The Morgan fingerprint density at radius 2 is 1.71 bits per heavy atom. The van der Waals surface area contributed by atoms with Crippen molar-refractivity contribution in [2.24, 2.45) is 11.8 Å². The summed E-state index contributed by atoms with van der Waals surface area (Å²) in [6, 6.07) is 0. The summed E-state index contributed by atoms with van der Waals surface area (Å²) in [5, 5.41) is 11.7. The van der Waals surface area contributed by atoms with Crippen LogP contribution < -0.4 is 5.32 Å².